The molecule has 2 aromatic carbocycles. The quantitative estimate of drug-likeness (QED) is 0.450. The second-order valence-electron chi connectivity index (χ2n) is 7.38. The van der Waals surface area contributed by atoms with E-state index >= 15 is 0 Å². The van der Waals surface area contributed by atoms with Gasteiger partial charge in [-0.1, -0.05) is 23.9 Å². The lowest BCUT2D eigenvalue weighted by Crippen LogP contribution is -2.40. The fourth-order valence-electron chi connectivity index (χ4n) is 3.51. The molecule has 2 aromatic rings. The van der Waals surface area contributed by atoms with E-state index in [4.69, 9.17) is 4.74 Å². The number of nitro benzene ring substituents is 1. The second-order valence-corrected chi connectivity index (χ2v) is 10.3. The van der Waals surface area contributed by atoms with Gasteiger partial charge < -0.3 is 4.74 Å². The van der Waals surface area contributed by atoms with Gasteiger partial charge in [0.25, 0.3) is 11.6 Å². The summed E-state index contributed by atoms with van der Waals surface area (Å²) in [6.07, 6.45) is 0. The summed E-state index contributed by atoms with van der Waals surface area (Å²) in [6.45, 7) is 2.22. The molecule has 1 fully saturated rings. The molecule has 2 aliphatic rings. The summed E-state index contributed by atoms with van der Waals surface area (Å²) in [5, 5.41) is 11.5. The molecule has 1 saturated heterocycles. The number of hydrogen-bond donors (Lipinski definition) is 0. The number of carbonyl (C=O) groups is 1. The number of ether oxygens (including phenoxy) is 1. The fourth-order valence-corrected chi connectivity index (χ4v) is 5.90. The van der Waals surface area contributed by atoms with Gasteiger partial charge in [-0.3, -0.25) is 24.8 Å². The van der Waals surface area contributed by atoms with E-state index in [0.29, 0.717) is 55.9 Å². The highest BCUT2D eigenvalue weighted by atomic mass is 32.2. The summed E-state index contributed by atoms with van der Waals surface area (Å²) < 4.78 is 32.1. The summed E-state index contributed by atoms with van der Waals surface area (Å²) in [7, 11) is -3.63. The molecular weight excluding hydrogens is 468 g/mol. The molecule has 0 atom stereocenters. The summed E-state index contributed by atoms with van der Waals surface area (Å²) in [4.78, 5) is 29.6. The van der Waals surface area contributed by atoms with Gasteiger partial charge in [-0.15, -0.1) is 0 Å². The number of thioether (sulfide) groups is 1. The standard InChI is InChI=1S/C21H22N4O6S2/c26-20(17-4-6-19(7-5-17)33(29,30)23-10-12-31-13-11-23)24-9-8-22-21(24)32-15-16-2-1-3-18(14-16)25(27)28/h1-7,14H,8-13,15H2. The van der Waals surface area contributed by atoms with Crippen LogP contribution in [0, 0.1) is 10.1 Å². The van der Waals surface area contributed by atoms with Crippen LogP contribution in [-0.2, 0) is 20.5 Å². The van der Waals surface area contributed by atoms with Crippen LogP contribution in [0.1, 0.15) is 15.9 Å². The first-order valence-electron chi connectivity index (χ1n) is 10.3. The molecule has 12 heteroatoms. The Morgan fingerprint density at radius 3 is 2.55 bits per heavy atom. The van der Waals surface area contributed by atoms with Crippen molar-refractivity contribution >= 4 is 38.5 Å². The monoisotopic (exact) mass is 490 g/mol. The number of non-ortho nitro benzene ring substituents is 1. The van der Waals surface area contributed by atoms with Crippen molar-refractivity contribution in [1.29, 1.82) is 0 Å². The summed E-state index contributed by atoms with van der Waals surface area (Å²) in [6, 6.07) is 12.3. The van der Waals surface area contributed by atoms with Crippen molar-refractivity contribution < 1.29 is 22.9 Å². The molecule has 10 nitrogen and oxygen atoms in total. The van der Waals surface area contributed by atoms with Gasteiger partial charge in [-0.2, -0.15) is 4.31 Å². The molecule has 0 saturated carbocycles. The zero-order valence-electron chi connectivity index (χ0n) is 17.6. The Balaban J connectivity index is 1.42. The van der Waals surface area contributed by atoms with Gasteiger partial charge in [0.2, 0.25) is 10.0 Å². The lowest BCUT2D eigenvalue weighted by Gasteiger charge is -2.26. The number of nitro groups is 1. The van der Waals surface area contributed by atoms with Crippen LogP contribution >= 0.6 is 11.8 Å². The lowest BCUT2D eigenvalue weighted by atomic mass is 10.2. The predicted molar refractivity (Wildman–Crippen MR) is 124 cm³/mol. The van der Waals surface area contributed by atoms with E-state index in [1.54, 1.807) is 17.0 Å². The molecule has 1 amide bonds. The van der Waals surface area contributed by atoms with E-state index in [9.17, 15) is 23.3 Å². The number of carbonyl (C=O) groups excluding carboxylic acids is 1. The molecule has 33 heavy (non-hydrogen) atoms. The second kappa shape index (κ2) is 10.00. The Hall–Kier alpha value is -2.80. The third-order valence-electron chi connectivity index (χ3n) is 5.25. The molecule has 174 valence electrons. The van der Waals surface area contributed by atoms with E-state index < -0.39 is 14.9 Å². The summed E-state index contributed by atoms with van der Waals surface area (Å²) in [5.74, 6) is 0.161. The van der Waals surface area contributed by atoms with Crippen LogP contribution in [0.25, 0.3) is 0 Å². The Bertz CT molecular complexity index is 1180. The van der Waals surface area contributed by atoms with E-state index in [1.165, 1.54) is 52.5 Å². The largest absolute Gasteiger partial charge is 0.379 e. The molecular formula is C21H22N4O6S2. The highest BCUT2D eigenvalue weighted by molar-refractivity contribution is 8.13. The van der Waals surface area contributed by atoms with E-state index in [0.717, 1.165) is 5.56 Å². The number of amides is 1. The third-order valence-corrected chi connectivity index (χ3v) is 8.24. The Kier molecular flexibility index (Phi) is 7.08. The van der Waals surface area contributed by atoms with Crippen molar-refractivity contribution in [3.8, 4) is 0 Å². The molecule has 0 radical (unpaired) electrons. The molecule has 0 N–H and O–H groups in total. The van der Waals surface area contributed by atoms with Gasteiger partial charge in [0.05, 0.1) is 29.6 Å². The molecule has 0 bridgehead atoms. The maximum Gasteiger partial charge on any atom is 0.269 e. The van der Waals surface area contributed by atoms with Crippen molar-refractivity contribution in [2.24, 2.45) is 4.99 Å². The number of morpholine rings is 1. The topological polar surface area (TPSA) is 122 Å². The molecule has 4 rings (SSSR count). The minimum atomic E-state index is -3.63. The number of benzene rings is 2. The molecule has 0 unspecified atom stereocenters. The average Bonchev–Trinajstić information content (AvgIpc) is 3.32. The van der Waals surface area contributed by atoms with Gasteiger partial charge in [0.15, 0.2) is 5.17 Å². The zero-order chi connectivity index (χ0) is 23.4. The highest BCUT2D eigenvalue weighted by Gasteiger charge is 2.28. The number of aliphatic imine (C=N–C) groups is 1. The first kappa shape index (κ1) is 23.4. The number of hydrogen-bond acceptors (Lipinski definition) is 8. The zero-order valence-corrected chi connectivity index (χ0v) is 19.3. The van der Waals surface area contributed by atoms with Crippen LogP contribution in [0.15, 0.2) is 58.4 Å². The Morgan fingerprint density at radius 1 is 1.12 bits per heavy atom. The average molecular weight is 491 g/mol. The lowest BCUT2D eigenvalue weighted by molar-refractivity contribution is -0.384. The molecule has 0 aromatic heterocycles. The maximum absolute atomic E-state index is 13.0. The van der Waals surface area contributed by atoms with Crippen molar-refractivity contribution in [1.82, 2.24) is 9.21 Å². The van der Waals surface area contributed by atoms with Crippen LogP contribution in [0.2, 0.25) is 0 Å². The van der Waals surface area contributed by atoms with Crippen LogP contribution in [0.5, 0.6) is 0 Å². The minimum absolute atomic E-state index is 0.0153. The van der Waals surface area contributed by atoms with Crippen molar-refractivity contribution in [3.05, 3.63) is 69.8 Å². The first-order chi connectivity index (χ1) is 15.9. The molecule has 2 aliphatic heterocycles. The minimum Gasteiger partial charge on any atom is -0.379 e. The van der Waals surface area contributed by atoms with E-state index in [1.807, 2.05) is 0 Å². The van der Waals surface area contributed by atoms with Crippen molar-refractivity contribution in [3.63, 3.8) is 0 Å². The number of rotatable bonds is 6. The summed E-state index contributed by atoms with van der Waals surface area (Å²) >= 11 is 1.33. The van der Waals surface area contributed by atoms with Crippen LogP contribution in [-0.4, -0.2) is 73.0 Å². The molecule has 0 aliphatic carbocycles. The summed E-state index contributed by atoms with van der Waals surface area (Å²) in [5.41, 5.74) is 1.14. The van der Waals surface area contributed by atoms with Gasteiger partial charge in [0.1, 0.15) is 0 Å². The van der Waals surface area contributed by atoms with E-state index in [-0.39, 0.29) is 16.5 Å². The van der Waals surface area contributed by atoms with Gasteiger partial charge in [-0.05, 0) is 29.8 Å². The van der Waals surface area contributed by atoms with Crippen LogP contribution in [0.4, 0.5) is 5.69 Å². The van der Waals surface area contributed by atoms with Gasteiger partial charge >= 0.3 is 0 Å². The molecule has 0 spiro atoms. The molecule has 2 heterocycles. The highest BCUT2D eigenvalue weighted by Crippen LogP contribution is 2.24. The number of sulfonamides is 1. The number of amidine groups is 1. The van der Waals surface area contributed by atoms with Crippen LogP contribution < -0.4 is 0 Å². The normalized spacial score (nSPS) is 17.1. The fraction of sp³-hybridized carbons (Fsp3) is 0.333. The third kappa shape index (κ3) is 5.24. The number of nitrogens with zero attached hydrogens (tertiary/aromatic N) is 4. The maximum atomic E-state index is 13.0. The van der Waals surface area contributed by atoms with Gasteiger partial charge in [0, 0.05) is 43.1 Å². The Morgan fingerprint density at radius 2 is 1.85 bits per heavy atom. The first-order valence-corrected chi connectivity index (χ1v) is 12.7. The predicted octanol–water partition coefficient (Wildman–Crippen LogP) is 2.36. The van der Waals surface area contributed by atoms with Crippen molar-refractivity contribution in [2.75, 3.05) is 39.4 Å². The van der Waals surface area contributed by atoms with Gasteiger partial charge in [-0.25, -0.2) is 8.42 Å². The van der Waals surface area contributed by atoms with E-state index in [2.05, 4.69) is 4.99 Å². The van der Waals surface area contributed by atoms with Crippen molar-refractivity contribution in [2.45, 2.75) is 10.6 Å². The SMILES string of the molecule is O=C(c1ccc(S(=O)(=O)N2CCOCC2)cc1)N1CCN=C1SCc1cccc([N+](=O)[O-])c1. The smallest absolute Gasteiger partial charge is 0.269 e. The van der Waals surface area contributed by atoms with Crippen LogP contribution in [0.3, 0.4) is 0 Å². The Labute approximate surface area is 195 Å².